The molecule has 0 bridgehead atoms. The minimum Gasteiger partial charge on any atom is -0.490 e. The number of ether oxygens (including phenoxy) is 2. The number of halogens is 1. The predicted molar refractivity (Wildman–Crippen MR) is 90.2 cm³/mol. The highest BCUT2D eigenvalue weighted by Gasteiger charge is 2.19. The summed E-state index contributed by atoms with van der Waals surface area (Å²) in [5, 5.41) is 9.06. The van der Waals surface area contributed by atoms with Gasteiger partial charge < -0.3 is 14.6 Å². The van der Waals surface area contributed by atoms with Gasteiger partial charge in [0.15, 0.2) is 11.5 Å². The largest absolute Gasteiger partial charge is 0.490 e. The highest BCUT2D eigenvalue weighted by Crippen LogP contribution is 2.39. The number of rotatable bonds is 7. The quantitative estimate of drug-likeness (QED) is 0.812. The van der Waals surface area contributed by atoms with Crippen LogP contribution in [-0.2, 0) is 4.79 Å². The maximum atomic E-state index is 14.6. The molecule has 0 amide bonds. The number of hydrogen-bond acceptors (Lipinski definition) is 3. The zero-order valence-corrected chi connectivity index (χ0v) is 14.0. The average molecular weight is 332 g/mol. The van der Waals surface area contributed by atoms with Crippen molar-refractivity contribution in [3.8, 4) is 22.6 Å². The Morgan fingerprint density at radius 1 is 1.12 bits per heavy atom. The molecule has 2 aromatic carbocycles. The Hall–Kier alpha value is -2.56. The van der Waals surface area contributed by atoms with Crippen LogP contribution in [0.2, 0.25) is 0 Å². The first-order valence-corrected chi connectivity index (χ1v) is 7.90. The monoisotopic (exact) mass is 332 g/mol. The van der Waals surface area contributed by atoms with Crippen LogP contribution in [0.4, 0.5) is 4.39 Å². The Morgan fingerprint density at radius 3 is 2.42 bits per heavy atom. The van der Waals surface area contributed by atoms with Gasteiger partial charge in [-0.05, 0) is 38.5 Å². The minimum absolute atomic E-state index is 0.348. The first-order chi connectivity index (χ1) is 11.5. The molecule has 5 heteroatoms. The summed E-state index contributed by atoms with van der Waals surface area (Å²) in [6.45, 7) is 6.14. The summed E-state index contributed by atoms with van der Waals surface area (Å²) in [5.41, 5.74) is 1.35. The molecule has 0 fully saturated rings. The third-order valence-electron chi connectivity index (χ3n) is 3.72. The molecule has 1 atom stereocenters. The van der Waals surface area contributed by atoms with E-state index in [4.69, 9.17) is 14.6 Å². The zero-order chi connectivity index (χ0) is 17.7. The van der Waals surface area contributed by atoms with Crippen molar-refractivity contribution in [2.45, 2.75) is 26.7 Å². The molecular formula is C19H21FO4. The van der Waals surface area contributed by atoms with Gasteiger partial charge in [-0.15, -0.1) is 0 Å². The maximum absolute atomic E-state index is 14.6. The molecule has 0 spiro atoms. The van der Waals surface area contributed by atoms with E-state index in [1.54, 1.807) is 30.3 Å². The Morgan fingerprint density at radius 2 is 1.83 bits per heavy atom. The smallest absolute Gasteiger partial charge is 0.310 e. The zero-order valence-electron chi connectivity index (χ0n) is 14.0. The minimum atomic E-state index is -0.990. The van der Waals surface area contributed by atoms with E-state index in [2.05, 4.69) is 0 Å². The van der Waals surface area contributed by atoms with E-state index in [9.17, 15) is 9.18 Å². The van der Waals surface area contributed by atoms with Crippen LogP contribution in [0.5, 0.6) is 11.5 Å². The van der Waals surface area contributed by atoms with Crippen LogP contribution in [0.15, 0.2) is 36.4 Å². The van der Waals surface area contributed by atoms with Crippen molar-refractivity contribution in [1.29, 1.82) is 0 Å². The molecule has 0 heterocycles. The van der Waals surface area contributed by atoms with Gasteiger partial charge in [0.2, 0.25) is 0 Å². The van der Waals surface area contributed by atoms with Crippen LogP contribution in [0, 0.1) is 5.82 Å². The van der Waals surface area contributed by atoms with Crippen LogP contribution in [-0.4, -0.2) is 24.3 Å². The van der Waals surface area contributed by atoms with Crippen LogP contribution >= 0.6 is 0 Å². The molecule has 4 nitrogen and oxygen atoms in total. The SMILES string of the molecule is CCOc1cccc(-c2ccc(C(C)C(=O)O)cc2F)c1OCC. The van der Waals surface area contributed by atoms with Gasteiger partial charge in [0.05, 0.1) is 19.1 Å². The summed E-state index contributed by atoms with van der Waals surface area (Å²) >= 11 is 0. The fraction of sp³-hybridized carbons (Fsp3) is 0.316. The standard InChI is InChI=1S/C19H21FO4/c1-4-23-17-8-6-7-15(18(17)24-5-2)14-10-9-13(11-16(14)20)12(3)19(21)22/h6-12H,4-5H2,1-3H3,(H,21,22). The van der Waals surface area contributed by atoms with Gasteiger partial charge in [-0.2, -0.15) is 0 Å². The number of para-hydroxylation sites is 1. The Balaban J connectivity index is 2.52. The molecule has 24 heavy (non-hydrogen) atoms. The van der Waals surface area contributed by atoms with Crippen molar-refractivity contribution in [3.63, 3.8) is 0 Å². The lowest BCUT2D eigenvalue weighted by molar-refractivity contribution is -0.138. The average Bonchev–Trinajstić information content (AvgIpc) is 2.56. The molecule has 0 saturated carbocycles. The van der Waals surface area contributed by atoms with Crippen LogP contribution in [0.25, 0.3) is 11.1 Å². The van der Waals surface area contributed by atoms with Crippen molar-refractivity contribution in [2.24, 2.45) is 0 Å². The first kappa shape index (κ1) is 17.8. The number of carbonyl (C=O) groups is 1. The first-order valence-electron chi connectivity index (χ1n) is 7.90. The normalized spacial score (nSPS) is 11.8. The Bertz CT molecular complexity index is 727. The Labute approximate surface area is 140 Å². The number of carboxylic acids is 1. The van der Waals surface area contributed by atoms with E-state index in [0.717, 1.165) is 0 Å². The Kier molecular flexibility index (Phi) is 5.79. The highest BCUT2D eigenvalue weighted by molar-refractivity contribution is 5.78. The predicted octanol–water partition coefficient (Wildman–Crippen LogP) is 4.48. The number of benzene rings is 2. The van der Waals surface area contributed by atoms with Gasteiger partial charge in [0.1, 0.15) is 5.82 Å². The topological polar surface area (TPSA) is 55.8 Å². The molecule has 0 aliphatic heterocycles. The van der Waals surface area contributed by atoms with E-state index in [1.165, 1.54) is 13.0 Å². The second kappa shape index (κ2) is 7.81. The van der Waals surface area contributed by atoms with Crippen molar-refractivity contribution >= 4 is 5.97 Å². The van der Waals surface area contributed by atoms with Crippen LogP contribution < -0.4 is 9.47 Å². The van der Waals surface area contributed by atoms with Gasteiger partial charge >= 0.3 is 5.97 Å². The second-order valence-electron chi connectivity index (χ2n) is 5.30. The van der Waals surface area contributed by atoms with E-state index in [1.807, 2.05) is 13.8 Å². The molecule has 1 unspecified atom stereocenters. The number of aliphatic carboxylic acids is 1. The third kappa shape index (κ3) is 3.67. The lowest BCUT2D eigenvalue weighted by atomic mass is 9.96. The molecule has 0 aliphatic carbocycles. The lowest BCUT2D eigenvalue weighted by Crippen LogP contribution is -2.08. The lowest BCUT2D eigenvalue weighted by Gasteiger charge is -2.16. The summed E-state index contributed by atoms with van der Waals surface area (Å²) < 4.78 is 25.8. The van der Waals surface area contributed by atoms with Crippen molar-refractivity contribution in [3.05, 3.63) is 47.8 Å². The van der Waals surface area contributed by atoms with Crippen molar-refractivity contribution < 1.29 is 23.8 Å². The second-order valence-corrected chi connectivity index (χ2v) is 5.30. The van der Waals surface area contributed by atoms with Gasteiger partial charge in [-0.3, -0.25) is 4.79 Å². The van der Waals surface area contributed by atoms with Gasteiger partial charge in [-0.25, -0.2) is 4.39 Å². The molecule has 2 rings (SSSR count). The summed E-state index contributed by atoms with van der Waals surface area (Å²) in [5.74, 6) is -1.21. The fourth-order valence-corrected chi connectivity index (χ4v) is 2.45. The van der Waals surface area contributed by atoms with E-state index >= 15 is 0 Å². The van der Waals surface area contributed by atoms with Crippen molar-refractivity contribution in [1.82, 2.24) is 0 Å². The molecule has 0 radical (unpaired) electrons. The van der Waals surface area contributed by atoms with Gasteiger partial charge in [0, 0.05) is 11.1 Å². The highest BCUT2D eigenvalue weighted by atomic mass is 19.1. The fourth-order valence-electron chi connectivity index (χ4n) is 2.45. The number of hydrogen-bond donors (Lipinski definition) is 1. The van der Waals surface area contributed by atoms with Gasteiger partial charge in [-0.1, -0.05) is 24.3 Å². The molecule has 0 aromatic heterocycles. The molecule has 128 valence electrons. The summed E-state index contributed by atoms with van der Waals surface area (Å²) in [7, 11) is 0. The maximum Gasteiger partial charge on any atom is 0.310 e. The van der Waals surface area contributed by atoms with Crippen LogP contribution in [0.3, 0.4) is 0 Å². The van der Waals surface area contributed by atoms with E-state index in [-0.39, 0.29) is 0 Å². The van der Waals surface area contributed by atoms with E-state index < -0.39 is 17.7 Å². The summed E-state index contributed by atoms with van der Waals surface area (Å²) in [6.07, 6.45) is 0. The van der Waals surface area contributed by atoms with Gasteiger partial charge in [0.25, 0.3) is 0 Å². The molecule has 2 aromatic rings. The molecular weight excluding hydrogens is 311 g/mol. The third-order valence-corrected chi connectivity index (χ3v) is 3.72. The molecule has 1 N–H and O–H groups in total. The summed E-state index contributed by atoms with van der Waals surface area (Å²) in [4.78, 5) is 11.1. The number of carboxylic acid groups (broad SMARTS) is 1. The van der Waals surface area contributed by atoms with Crippen molar-refractivity contribution in [2.75, 3.05) is 13.2 Å². The van der Waals surface area contributed by atoms with E-state index in [0.29, 0.717) is 41.4 Å². The summed E-state index contributed by atoms with van der Waals surface area (Å²) in [6, 6.07) is 9.77. The van der Waals surface area contributed by atoms with Crippen LogP contribution in [0.1, 0.15) is 32.3 Å². The molecule has 0 aliphatic rings. The molecule has 0 saturated heterocycles.